The Hall–Kier alpha value is -3.70. The number of aromatic amines is 1. The number of aromatic nitrogens is 1. The number of halogens is 3. The lowest BCUT2D eigenvalue weighted by Gasteiger charge is -2.31. The second-order valence-electron chi connectivity index (χ2n) is 8.14. The molecule has 3 N–H and O–H groups in total. The summed E-state index contributed by atoms with van der Waals surface area (Å²) in [4.78, 5) is 15.0. The SMILES string of the molecule is COc1ccc(CN(Cc2ccc(OC)cc2)C(F)C(OCCNc2cc[nH]c2C(=O)O)C(F)F)cc1. The average molecular weight is 522 g/mol. The Labute approximate surface area is 213 Å². The number of alkyl halides is 3. The summed E-state index contributed by atoms with van der Waals surface area (Å²) in [7, 11) is 3.06. The molecule has 3 aromatic rings. The van der Waals surface area contributed by atoms with Crippen LogP contribution in [0, 0.1) is 0 Å². The van der Waals surface area contributed by atoms with Gasteiger partial charge >= 0.3 is 5.97 Å². The molecule has 8 nitrogen and oxygen atoms in total. The zero-order chi connectivity index (χ0) is 26.8. The quantitative estimate of drug-likeness (QED) is 0.196. The Kier molecular flexibility index (Phi) is 10.2. The number of anilines is 1. The lowest BCUT2D eigenvalue weighted by Crippen LogP contribution is -2.45. The molecule has 11 heteroatoms. The van der Waals surface area contributed by atoms with Gasteiger partial charge in [-0.1, -0.05) is 24.3 Å². The van der Waals surface area contributed by atoms with Crippen LogP contribution in [0.15, 0.2) is 60.8 Å². The van der Waals surface area contributed by atoms with Crippen molar-refractivity contribution in [2.24, 2.45) is 0 Å². The fourth-order valence-corrected chi connectivity index (χ4v) is 3.72. The fourth-order valence-electron chi connectivity index (χ4n) is 3.72. The number of ether oxygens (including phenoxy) is 3. The summed E-state index contributed by atoms with van der Waals surface area (Å²) in [6.45, 7) is -0.162. The molecular formula is C26H30F3N3O5. The van der Waals surface area contributed by atoms with Crippen LogP contribution < -0.4 is 14.8 Å². The van der Waals surface area contributed by atoms with E-state index in [2.05, 4.69) is 10.3 Å². The van der Waals surface area contributed by atoms with Crippen molar-refractivity contribution in [1.82, 2.24) is 9.88 Å². The van der Waals surface area contributed by atoms with Crippen molar-refractivity contribution in [1.29, 1.82) is 0 Å². The monoisotopic (exact) mass is 521 g/mol. The number of carboxylic acids is 1. The Bertz CT molecular complexity index is 1060. The number of carboxylic acid groups (broad SMARTS) is 1. The first-order valence-corrected chi connectivity index (χ1v) is 11.5. The minimum Gasteiger partial charge on any atom is -0.497 e. The predicted molar refractivity (Wildman–Crippen MR) is 132 cm³/mol. The van der Waals surface area contributed by atoms with Gasteiger partial charge in [0.25, 0.3) is 6.43 Å². The number of hydrogen-bond donors (Lipinski definition) is 3. The van der Waals surface area contributed by atoms with Crippen LogP contribution in [0.25, 0.3) is 0 Å². The van der Waals surface area contributed by atoms with E-state index in [0.717, 1.165) is 0 Å². The summed E-state index contributed by atoms with van der Waals surface area (Å²) < 4.78 is 59.1. The maximum absolute atomic E-state index is 15.7. The lowest BCUT2D eigenvalue weighted by molar-refractivity contribution is -0.136. The Morgan fingerprint density at radius 1 is 0.946 bits per heavy atom. The second-order valence-corrected chi connectivity index (χ2v) is 8.14. The van der Waals surface area contributed by atoms with Gasteiger partial charge in [0.2, 0.25) is 0 Å². The summed E-state index contributed by atoms with van der Waals surface area (Å²) in [5, 5.41) is 11.9. The van der Waals surface area contributed by atoms with Crippen LogP contribution in [0.1, 0.15) is 21.6 Å². The smallest absolute Gasteiger partial charge is 0.354 e. The number of H-pyrrole nitrogens is 1. The van der Waals surface area contributed by atoms with E-state index in [1.807, 2.05) is 0 Å². The molecule has 37 heavy (non-hydrogen) atoms. The highest BCUT2D eigenvalue weighted by atomic mass is 19.3. The molecule has 0 fully saturated rings. The van der Waals surface area contributed by atoms with Crippen LogP contribution in [0.5, 0.6) is 11.5 Å². The van der Waals surface area contributed by atoms with Crippen molar-refractivity contribution >= 4 is 11.7 Å². The first kappa shape index (κ1) is 27.9. The number of nitrogens with one attached hydrogen (secondary N) is 2. The van der Waals surface area contributed by atoms with Gasteiger partial charge in [0.05, 0.1) is 26.5 Å². The van der Waals surface area contributed by atoms with Crippen molar-refractivity contribution < 1.29 is 37.3 Å². The first-order chi connectivity index (χ1) is 17.8. The number of methoxy groups -OCH3 is 2. The largest absolute Gasteiger partial charge is 0.497 e. The number of rotatable bonds is 15. The maximum atomic E-state index is 15.7. The first-order valence-electron chi connectivity index (χ1n) is 11.5. The highest BCUT2D eigenvalue weighted by Crippen LogP contribution is 2.24. The fraction of sp³-hybridized carbons (Fsp3) is 0.346. The molecule has 3 rings (SSSR count). The molecule has 0 aliphatic heterocycles. The van der Waals surface area contributed by atoms with Gasteiger partial charge in [0.1, 0.15) is 17.2 Å². The average Bonchev–Trinajstić information content (AvgIpc) is 3.37. The number of hydrogen-bond acceptors (Lipinski definition) is 6. The molecule has 1 heterocycles. The standard InChI is InChI=1S/C26H30F3N3O5/c1-35-19-7-3-17(4-8-19)15-32(16-18-5-9-20(36-2)10-6-18)25(29)23(24(27)28)37-14-13-30-21-11-12-31-22(21)26(33)34/h3-12,23-25,30-31H,13-16H2,1-2H3,(H,33,34). The zero-order valence-electron chi connectivity index (χ0n) is 20.5. The van der Waals surface area contributed by atoms with Crippen molar-refractivity contribution in [3.05, 3.63) is 77.6 Å². The summed E-state index contributed by atoms with van der Waals surface area (Å²) in [6, 6.07) is 15.3. The normalized spacial score (nSPS) is 12.9. The molecule has 0 aliphatic rings. The van der Waals surface area contributed by atoms with Gasteiger partial charge in [-0.15, -0.1) is 0 Å². The van der Waals surface area contributed by atoms with Gasteiger partial charge in [-0.25, -0.2) is 18.0 Å². The van der Waals surface area contributed by atoms with Gasteiger partial charge in [-0.2, -0.15) is 0 Å². The summed E-state index contributed by atoms with van der Waals surface area (Å²) in [5.74, 6) is 0.0736. The molecule has 0 saturated carbocycles. The topological polar surface area (TPSA) is 96.0 Å². The van der Waals surface area contributed by atoms with Crippen LogP contribution in [0.2, 0.25) is 0 Å². The second kappa shape index (κ2) is 13.6. The number of nitrogens with zero attached hydrogens (tertiary/aromatic N) is 1. The molecule has 0 saturated heterocycles. The van der Waals surface area contributed by atoms with Crippen LogP contribution in [-0.4, -0.2) is 67.2 Å². The van der Waals surface area contributed by atoms with Gasteiger partial charge in [-0.3, -0.25) is 4.90 Å². The van der Waals surface area contributed by atoms with E-state index < -0.39 is 24.8 Å². The third-order valence-corrected chi connectivity index (χ3v) is 5.65. The predicted octanol–water partition coefficient (Wildman–Crippen LogP) is 4.79. The highest BCUT2D eigenvalue weighted by molar-refractivity contribution is 5.92. The molecule has 0 bridgehead atoms. The van der Waals surface area contributed by atoms with E-state index in [4.69, 9.17) is 19.3 Å². The van der Waals surface area contributed by atoms with Gasteiger partial charge in [-0.05, 0) is 41.5 Å². The van der Waals surface area contributed by atoms with Crippen LogP contribution in [0.3, 0.4) is 0 Å². The molecule has 0 radical (unpaired) electrons. The third kappa shape index (κ3) is 7.89. The van der Waals surface area contributed by atoms with Crippen molar-refractivity contribution in [3.63, 3.8) is 0 Å². The number of aromatic carboxylic acids is 1. The Morgan fingerprint density at radius 2 is 1.49 bits per heavy atom. The molecule has 0 aliphatic carbocycles. The summed E-state index contributed by atoms with van der Waals surface area (Å²) >= 11 is 0. The van der Waals surface area contributed by atoms with Gasteiger partial charge in [0, 0.05) is 25.8 Å². The molecule has 2 atom stereocenters. The number of carbonyl (C=O) groups is 1. The zero-order valence-corrected chi connectivity index (χ0v) is 20.5. The summed E-state index contributed by atoms with van der Waals surface area (Å²) in [5.41, 5.74) is 1.63. The minimum atomic E-state index is -3.09. The third-order valence-electron chi connectivity index (χ3n) is 5.65. The van der Waals surface area contributed by atoms with Crippen molar-refractivity contribution in [2.45, 2.75) is 31.9 Å². The van der Waals surface area contributed by atoms with Gasteiger partial charge < -0.3 is 29.6 Å². The van der Waals surface area contributed by atoms with E-state index in [0.29, 0.717) is 22.6 Å². The maximum Gasteiger partial charge on any atom is 0.354 e. The van der Waals surface area contributed by atoms with Crippen LogP contribution in [0.4, 0.5) is 18.9 Å². The van der Waals surface area contributed by atoms with E-state index in [9.17, 15) is 13.6 Å². The molecule has 2 aromatic carbocycles. The molecule has 0 amide bonds. The van der Waals surface area contributed by atoms with Crippen molar-refractivity contribution in [3.8, 4) is 11.5 Å². The molecule has 1 aromatic heterocycles. The van der Waals surface area contributed by atoms with E-state index in [1.165, 1.54) is 31.4 Å². The minimum absolute atomic E-state index is 0.00499. The molecule has 2 unspecified atom stereocenters. The van der Waals surface area contributed by atoms with E-state index >= 15 is 4.39 Å². The summed E-state index contributed by atoms with van der Waals surface area (Å²) in [6.07, 6.45) is -5.82. The van der Waals surface area contributed by atoms with Crippen molar-refractivity contribution in [2.75, 3.05) is 32.7 Å². The van der Waals surface area contributed by atoms with E-state index in [1.54, 1.807) is 48.5 Å². The number of benzene rings is 2. The van der Waals surface area contributed by atoms with Gasteiger partial charge in [0.15, 0.2) is 12.4 Å². The van der Waals surface area contributed by atoms with Crippen LogP contribution >= 0.6 is 0 Å². The molecule has 0 spiro atoms. The highest BCUT2D eigenvalue weighted by Gasteiger charge is 2.35. The molecular weight excluding hydrogens is 491 g/mol. The Morgan fingerprint density at radius 3 is 1.95 bits per heavy atom. The Balaban J connectivity index is 1.71. The van der Waals surface area contributed by atoms with Crippen LogP contribution in [-0.2, 0) is 17.8 Å². The molecule has 200 valence electrons. The van der Waals surface area contributed by atoms with E-state index in [-0.39, 0.29) is 37.6 Å². The lowest BCUT2D eigenvalue weighted by atomic mass is 10.1.